The number of aliphatic hydroxyl groups excluding tert-OH is 2. The van der Waals surface area contributed by atoms with Crippen LogP contribution in [0.25, 0.3) is 0 Å². The van der Waals surface area contributed by atoms with Gasteiger partial charge >= 0.3 is 5.97 Å². The molecule has 0 rings (SSSR count). The number of hydrogen-bond donors (Lipinski definition) is 3. The topological polar surface area (TPSA) is 95.9 Å². The van der Waals surface area contributed by atoms with Crippen molar-refractivity contribution in [3.05, 3.63) is 24.3 Å². The Labute approximate surface area is 456 Å². The highest BCUT2D eigenvalue weighted by Crippen LogP contribution is 2.18. The zero-order valence-corrected chi connectivity index (χ0v) is 49.4. The van der Waals surface area contributed by atoms with Crippen molar-refractivity contribution in [2.24, 2.45) is 0 Å². The minimum absolute atomic E-state index is 0.00892. The van der Waals surface area contributed by atoms with Crippen molar-refractivity contribution in [1.29, 1.82) is 0 Å². The Morgan fingerprint density at radius 3 is 1.01 bits per heavy atom. The van der Waals surface area contributed by atoms with Gasteiger partial charge in [0.1, 0.15) is 0 Å². The zero-order valence-electron chi connectivity index (χ0n) is 49.4. The van der Waals surface area contributed by atoms with E-state index in [4.69, 9.17) is 4.74 Å². The van der Waals surface area contributed by atoms with E-state index in [0.29, 0.717) is 19.4 Å². The van der Waals surface area contributed by atoms with E-state index in [1.54, 1.807) is 6.08 Å². The van der Waals surface area contributed by atoms with E-state index in [-0.39, 0.29) is 18.5 Å². The molecule has 1 amide bonds. The highest BCUT2D eigenvalue weighted by molar-refractivity contribution is 5.76. The van der Waals surface area contributed by atoms with Gasteiger partial charge in [0.25, 0.3) is 0 Å². The molecule has 0 saturated heterocycles. The molecule has 6 nitrogen and oxygen atoms in total. The Balaban J connectivity index is 3.35. The van der Waals surface area contributed by atoms with Crippen molar-refractivity contribution in [3.63, 3.8) is 0 Å². The van der Waals surface area contributed by atoms with Gasteiger partial charge in [0.05, 0.1) is 25.4 Å². The van der Waals surface area contributed by atoms with E-state index < -0.39 is 12.1 Å². The van der Waals surface area contributed by atoms with Crippen molar-refractivity contribution in [2.75, 3.05) is 13.2 Å². The molecule has 432 valence electrons. The molecule has 0 aromatic rings. The number of ether oxygens (including phenoxy) is 1. The number of rotatable bonds is 62. The summed E-state index contributed by atoms with van der Waals surface area (Å²) in [6, 6.07) is -0.624. The first kappa shape index (κ1) is 71.3. The van der Waals surface area contributed by atoms with Gasteiger partial charge in [-0.05, 0) is 51.4 Å². The molecule has 73 heavy (non-hydrogen) atoms. The van der Waals surface area contributed by atoms with Crippen molar-refractivity contribution in [1.82, 2.24) is 5.32 Å². The van der Waals surface area contributed by atoms with Gasteiger partial charge in [-0.3, -0.25) is 9.59 Å². The van der Waals surface area contributed by atoms with Crippen LogP contribution in [-0.2, 0) is 14.3 Å². The van der Waals surface area contributed by atoms with Crippen LogP contribution in [0.1, 0.15) is 367 Å². The van der Waals surface area contributed by atoms with Gasteiger partial charge in [0.2, 0.25) is 5.91 Å². The largest absolute Gasteiger partial charge is 0.466 e. The van der Waals surface area contributed by atoms with Gasteiger partial charge in [-0.25, -0.2) is 0 Å². The van der Waals surface area contributed by atoms with Crippen LogP contribution in [0.15, 0.2) is 24.3 Å². The normalized spacial score (nSPS) is 12.7. The highest BCUT2D eigenvalue weighted by atomic mass is 16.5. The average molecular weight is 1030 g/mol. The lowest BCUT2D eigenvalue weighted by atomic mass is 10.0. The smallest absolute Gasteiger partial charge is 0.305 e. The number of esters is 1. The molecule has 0 spiro atoms. The van der Waals surface area contributed by atoms with E-state index in [2.05, 4.69) is 31.3 Å². The number of aliphatic hydroxyl groups is 2. The molecule has 0 aliphatic heterocycles. The number of unbranched alkanes of at least 4 members (excludes halogenated alkanes) is 49. The second kappa shape index (κ2) is 62.9. The zero-order chi connectivity index (χ0) is 52.9. The van der Waals surface area contributed by atoms with Crippen LogP contribution in [0.3, 0.4) is 0 Å². The minimum Gasteiger partial charge on any atom is -0.466 e. The fraction of sp³-hybridized carbons (Fsp3) is 0.910. The molecule has 0 radical (unpaired) electrons. The summed E-state index contributed by atoms with van der Waals surface area (Å²) >= 11 is 0. The van der Waals surface area contributed by atoms with Gasteiger partial charge in [0.15, 0.2) is 0 Å². The summed E-state index contributed by atoms with van der Waals surface area (Å²) < 4.78 is 5.47. The van der Waals surface area contributed by atoms with E-state index in [1.165, 1.54) is 295 Å². The van der Waals surface area contributed by atoms with Gasteiger partial charge in [0, 0.05) is 12.8 Å². The van der Waals surface area contributed by atoms with Crippen LogP contribution < -0.4 is 5.32 Å². The highest BCUT2D eigenvalue weighted by Gasteiger charge is 2.18. The number of amides is 1. The molecule has 0 heterocycles. The average Bonchev–Trinajstić information content (AvgIpc) is 3.39. The Bertz CT molecular complexity index is 1140. The summed E-state index contributed by atoms with van der Waals surface area (Å²) in [7, 11) is 0. The third-order valence-corrected chi connectivity index (χ3v) is 15.5. The maximum absolute atomic E-state index is 12.5. The molecule has 0 fully saturated rings. The standard InChI is InChI=1S/C67H129NO5/c1-3-5-7-9-11-13-15-16-33-36-40-43-47-51-55-59-65(70)64(63-69)68-66(71)60-56-52-48-44-41-37-34-31-29-27-25-23-21-19-17-18-20-22-24-26-28-30-32-35-38-42-46-50-54-58-62-73-67(72)61-57-53-49-45-39-14-12-10-8-6-4-2/h10,12,55,59,64-65,69-70H,3-9,11,13-54,56-58,60-63H2,1-2H3,(H,68,71)/b12-10-,59-55+. The lowest BCUT2D eigenvalue weighted by molar-refractivity contribution is -0.143. The quantitative estimate of drug-likeness (QED) is 0.0320. The lowest BCUT2D eigenvalue weighted by Crippen LogP contribution is -2.45. The number of hydrogen-bond acceptors (Lipinski definition) is 5. The molecule has 6 heteroatoms. The van der Waals surface area contributed by atoms with Crippen LogP contribution in [0.2, 0.25) is 0 Å². The summed E-state index contributed by atoms with van der Waals surface area (Å²) in [5.41, 5.74) is 0. The monoisotopic (exact) mass is 1030 g/mol. The molecule has 2 unspecified atom stereocenters. The van der Waals surface area contributed by atoms with Gasteiger partial charge in [-0.15, -0.1) is 0 Å². The summed E-state index contributed by atoms with van der Waals surface area (Å²) in [5.74, 6) is -0.0530. The third kappa shape index (κ3) is 59.4. The molecule has 2 atom stereocenters. The minimum atomic E-state index is -0.841. The molecule has 3 N–H and O–H groups in total. The van der Waals surface area contributed by atoms with Gasteiger partial charge < -0.3 is 20.3 Å². The van der Waals surface area contributed by atoms with Gasteiger partial charge in [-0.2, -0.15) is 0 Å². The summed E-state index contributed by atoms with van der Waals surface area (Å²) in [6.07, 6.45) is 78.2. The summed E-state index contributed by atoms with van der Waals surface area (Å²) in [5, 5.41) is 23.1. The fourth-order valence-electron chi connectivity index (χ4n) is 10.4. The first-order valence-electron chi connectivity index (χ1n) is 33.1. The Morgan fingerprint density at radius 1 is 0.370 bits per heavy atom. The van der Waals surface area contributed by atoms with Crippen molar-refractivity contribution < 1.29 is 24.5 Å². The molecule has 0 bridgehead atoms. The van der Waals surface area contributed by atoms with Crippen molar-refractivity contribution >= 4 is 11.9 Å². The molecule has 0 aliphatic carbocycles. The number of carbonyl (C=O) groups excluding carboxylic acids is 2. The Morgan fingerprint density at radius 2 is 0.658 bits per heavy atom. The fourth-order valence-corrected chi connectivity index (χ4v) is 10.4. The van der Waals surface area contributed by atoms with Crippen LogP contribution in [0.4, 0.5) is 0 Å². The molecule has 0 aromatic heterocycles. The number of allylic oxidation sites excluding steroid dienone is 3. The van der Waals surface area contributed by atoms with Crippen molar-refractivity contribution in [2.45, 2.75) is 379 Å². The molecule has 0 aromatic carbocycles. The van der Waals surface area contributed by atoms with E-state index in [1.807, 2.05) is 6.08 Å². The second-order valence-corrected chi connectivity index (χ2v) is 22.8. The summed E-state index contributed by atoms with van der Waals surface area (Å²) in [4.78, 5) is 24.5. The first-order chi connectivity index (χ1) is 36.0. The van der Waals surface area contributed by atoms with E-state index >= 15 is 0 Å². The van der Waals surface area contributed by atoms with Gasteiger partial charge in [-0.1, -0.05) is 327 Å². The molecular weight excluding hydrogens is 899 g/mol. The van der Waals surface area contributed by atoms with E-state index in [9.17, 15) is 19.8 Å². The Hall–Kier alpha value is -1.66. The predicted octanol–water partition coefficient (Wildman–Crippen LogP) is 21.0. The van der Waals surface area contributed by atoms with E-state index in [0.717, 1.165) is 44.9 Å². The number of carbonyl (C=O) groups is 2. The SMILES string of the molecule is CCCC/C=C\CCCCCCCC(=O)OCCCCCCCCCCCCCCCCCCCCCCCCCCCCCCCCC(=O)NC(CO)C(O)/C=C/CCCCCCCCCCCCCCC. The van der Waals surface area contributed by atoms with Crippen LogP contribution in [0.5, 0.6) is 0 Å². The number of nitrogens with one attached hydrogen (secondary N) is 1. The lowest BCUT2D eigenvalue weighted by Gasteiger charge is -2.20. The second-order valence-electron chi connectivity index (χ2n) is 22.8. The van der Waals surface area contributed by atoms with Crippen LogP contribution >= 0.6 is 0 Å². The summed E-state index contributed by atoms with van der Waals surface area (Å²) in [6.45, 7) is 4.89. The maximum Gasteiger partial charge on any atom is 0.305 e. The third-order valence-electron chi connectivity index (χ3n) is 15.5. The van der Waals surface area contributed by atoms with Crippen LogP contribution in [-0.4, -0.2) is 47.4 Å². The van der Waals surface area contributed by atoms with Crippen LogP contribution in [0, 0.1) is 0 Å². The Kier molecular flexibility index (Phi) is 61.4. The maximum atomic E-state index is 12.5. The molecular formula is C67H129NO5. The predicted molar refractivity (Wildman–Crippen MR) is 320 cm³/mol. The van der Waals surface area contributed by atoms with Crippen molar-refractivity contribution in [3.8, 4) is 0 Å². The molecule has 0 saturated carbocycles. The first-order valence-corrected chi connectivity index (χ1v) is 33.1. The molecule has 0 aliphatic rings.